The lowest BCUT2D eigenvalue weighted by molar-refractivity contribution is 0.417. The van der Waals surface area contributed by atoms with E-state index in [-0.39, 0.29) is 11.4 Å². The number of hydrogen-bond acceptors (Lipinski definition) is 2. The Labute approximate surface area is 129 Å². The third-order valence-electron chi connectivity index (χ3n) is 4.18. The van der Waals surface area contributed by atoms with Gasteiger partial charge in [-0.3, -0.25) is 0 Å². The van der Waals surface area contributed by atoms with Crippen LogP contribution in [-0.2, 0) is 12.0 Å². The van der Waals surface area contributed by atoms with Crippen molar-refractivity contribution in [3.63, 3.8) is 0 Å². The standard InChI is InChI=1S/C17H18ClFN2/c18-13-8-14(19)10-15(9-13)21-17(11-20)7-3-5-12-4-1-2-6-16(12)17/h1-2,4,6,8-10,21H,3,5,7,11,20H2. The van der Waals surface area contributed by atoms with E-state index in [2.05, 4.69) is 17.4 Å². The van der Waals surface area contributed by atoms with Crippen LogP contribution >= 0.6 is 11.6 Å². The Morgan fingerprint density at radius 3 is 2.81 bits per heavy atom. The molecule has 0 heterocycles. The van der Waals surface area contributed by atoms with E-state index in [1.54, 1.807) is 6.07 Å². The first-order valence-corrected chi connectivity index (χ1v) is 7.53. The Balaban J connectivity index is 2.02. The highest BCUT2D eigenvalue weighted by atomic mass is 35.5. The van der Waals surface area contributed by atoms with Gasteiger partial charge in [0.05, 0.1) is 5.54 Å². The molecule has 2 nitrogen and oxygen atoms in total. The Kier molecular flexibility index (Phi) is 3.87. The zero-order chi connectivity index (χ0) is 14.9. The highest BCUT2D eigenvalue weighted by molar-refractivity contribution is 6.30. The number of fused-ring (bicyclic) bond motifs is 1. The number of rotatable bonds is 3. The highest BCUT2D eigenvalue weighted by Gasteiger charge is 2.35. The van der Waals surface area contributed by atoms with Crippen LogP contribution in [0.1, 0.15) is 24.0 Å². The fraction of sp³-hybridized carbons (Fsp3) is 0.294. The minimum Gasteiger partial charge on any atom is -0.374 e. The van der Waals surface area contributed by atoms with Crippen molar-refractivity contribution in [1.82, 2.24) is 0 Å². The van der Waals surface area contributed by atoms with Crippen molar-refractivity contribution in [1.29, 1.82) is 0 Å². The Morgan fingerprint density at radius 2 is 2.05 bits per heavy atom. The van der Waals surface area contributed by atoms with Gasteiger partial charge < -0.3 is 11.1 Å². The number of aryl methyl sites for hydroxylation is 1. The predicted molar refractivity (Wildman–Crippen MR) is 85.1 cm³/mol. The van der Waals surface area contributed by atoms with Gasteiger partial charge in [0, 0.05) is 17.3 Å². The normalized spacial score (nSPS) is 20.9. The molecule has 0 bridgehead atoms. The summed E-state index contributed by atoms with van der Waals surface area (Å²) >= 11 is 5.95. The predicted octanol–water partition coefficient (Wildman–Crippen LogP) is 4.08. The first-order valence-electron chi connectivity index (χ1n) is 7.16. The van der Waals surface area contributed by atoms with Crippen molar-refractivity contribution in [2.24, 2.45) is 5.73 Å². The Bertz CT molecular complexity index is 639. The van der Waals surface area contributed by atoms with Gasteiger partial charge in [-0.05, 0) is 48.6 Å². The van der Waals surface area contributed by atoms with Crippen molar-refractivity contribution < 1.29 is 4.39 Å². The van der Waals surface area contributed by atoms with Gasteiger partial charge in [-0.15, -0.1) is 0 Å². The van der Waals surface area contributed by atoms with Gasteiger partial charge in [0.15, 0.2) is 0 Å². The molecular weight excluding hydrogens is 287 g/mol. The molecule has 0 aromatic heterocycles. The van der Waals surface area contributed by atoms with Gasteiger partial charge in [0.2, 0.25) is 0 Å². The number of nitrogens with two attached hydrogens (primary N) is 1. The quantitative estimate of drug-likeness (QED) is 0.896. The molecule has 2 aromatic carbocycles. The summed E-state index contributed by atoms with van der Waals surface area (Å²) in [6, 6.07) is 12.8. The van der Waals surface area contributed by atoms with Crippen LogP contribution in [0.2, 0.25) is 5.02 Å². The molecule has 0 amide bonds. The van der Waals surface area contributed by atoms with Gasteiger partial charge in [-0.25, -0.2) is 4.39 Å². The summed E-state index contributed by atoms with van der Waals surface area (Å²) in [4.78, 5) is 0. The summed E-state index contributed by atoms with van der Waals surface area (Å²) in [5, 5.41) is 3.82. The van der Waals surface area contributed by atoms with Gasteiger partial charge >= 0.3 is 0 Å². The third kappa shape index (κ3) is 2.76. The van der Waals surface area contributed by atoms with Crippen molar-refractivity contribution in [2.75, 3.05) is 11.9 Å². The number of benzene rings is 2. The molecule has 21 heavy (non-hydrogen) atoms. The largest absolute Gasteiger partial charge is 0.374 e. The smallest absolute Gasteiger partial charge is 0.126 e. The molecule has 1 unspecified atom stereocenters. The molecule has 1 aliphatic carbocycles. The van der Waals surface area contributed by atoms with E-state index in [1.807, 2.05) is 12.1 Å². The number of hydrogen-bond donors (Lipinski definition) is 2. The minimum absolute atomic E-state index is 0.346. The summed E-state index contributed by atoms with van der Waals surface area (Å²) in [6.45, 7) is 0.456. The number of halogens is 2. The second kappa shape index (κ2) is 5.66. The third-order valence-corrected chi connectivity index (χ3v) is 4.40. The maximum absolute atomic E-state index is 13.6. The summed E-state index contributed by atoms with van der Waals surface area (Å²) in [5.74, 6) is -0.346. The van der Waals surface area contributed by atoms with Crippen LogP contribution in [0.4, 0.5) is 10.1 Å². The lowest BCUT2D eigenvalue weighted by atomic mass is 9.76. The minimum atomic E-state index is -0.355. The molecule has 1 atom stereocenters. The Morgan fingerprint density at radius 1 is 1.24 bits per heavy atom. The second-order valence-corrected chi connectivity index (χ2v) is 6.02. The molecule has 0 fully saturated rings. The average molecular weight is 305 g/mol. The maximum Gasteiger partial charge on any atom is 0.126 e. The Hall–Kier alpha value is -1.58. The second-order valence-electron chi connectivity index (χ2n) is 5.58. The summed E-state index contributed by atoms with van der Waals surface area (Å²) in [5.41, 5.74) is 8.92. The van der Waals surface area contributed by atoms with Crippen LogP contribution in [0, 0.1) is 5.82 Å². The lowest BCUT2D eigenvalue weighted by Gasteiger charge is -2.40. The van der Waals surface area contributed by atoms with Gasteiger partial charge in [-0.2, -0.15) is 0 Å². The molecule has 0 radical (unpaired) electrons. The molecule has 4 heteroatoms. The zero-order valence-corrected chi connectivity index (χ0v) is 12.5. The number of nitrogens with one attached hydrogen (secondary N) is 1. The molecule has 0 spiro atoms. The first kappa shape index (κ1) is 14.4. The van der Waals surface area contributed by atoms with E-state index in [0.29, 0.717) is 17.3 Å². The van der Waals surface area contributed by atoms with E-state index >= 15 is 0 Å². The van der Waals surface area contributed by atoms with Crippen LogP contribution < -0.4 is 11.1 Å². The van der Waals surface area contributed by atoms with E-state index in [0.717, 1.165) is 19.3 Å². The topological polar surface area (TPSA) is 38.0 Å². The molecule has 0 saturated carbocycles. The molecule has 110 valence electrons. The molecule has 1 aliphatic rings. The highest BCUT2D eigenvalue weighted by Crippen LogP contribution is 2.38. The van der Waals surface area contributed by atoms with E-state index < -0.39 is 0 Å². The molecule has 3 rings (SSSR count). The summed E-state index contributed by atoms with van der Waals surface area (Å²) < 4.78 is 13.6. The fourth-order valence-corrected chi connectivity index (χ4v) is 3.44. The SMILES string of the molecule is NCC1(Nc2cc(F)cc(Cl)c2)CCCc2ccccc21. The molecule has 0 saturated heterocycles. The monoisotopic (exact) mass is 304 g/mol. The van der Waals surface area contributed by atoms with Crippen molar-refractivity contribution in [3.8, 4) is 0 Å². The van der Waals surface area contributed by atoms with Crippen molar-refractivity contribution >= 4 is 17.3 Å². The first-order chi connectivity index (χ1) is 10.1. The zero-order valence-electron chi connectivity index (χ0n) is 11.7. The van der Waals surface area contributed by atoms with Crippen LogP contribution in [0.5, 0.6) is 0 Å². The number of anilines is 1. The lowest BCUT2D eigenvalue weighted by Crippen LogP contribution is -2.45. The van der Waals surface area contributed by atoms with Crippen LogP contribution in [0.3, 0.4) is 0 Å². The molecule has 0 aliphatic heterocycles. The van der Waals surface area contributed by atoms with Crippen molar-refractivity contribution in [3.05, 3.63) is 64.4 Å². The molecule has 2 aromatic rings. The van der Waals surface area contributed by atoms with Crippen LogP contribution in [0.15, 0.2) is 42.5 Å². The molecular formula is C17H18ClFN2. The van der Waals surface area contributed by atoms with Crippen LogP contribution in [0.25, 0.3) is 0 Å². The van der Waals surface area contributed by atoms with Gasteiger partial charge in [-0.1, -0.05) is 35.9 Å². The fourth-order valence-electron chi connectivity index (χ4n) is 3.22. The maximum atomic E-state index is 13.6. The summed E-state index contributed by atoms with van der Waals surface area (Å²) in [7, 11) is 0. The van der Waals surface area contributed by atoms with E-state index in [4.69, 9.17) is 17.3 Å². The molecule has 3 N–H and O–H groups in total. The van der Waals surface area contributed by atoms with E-state index in [9.17, 15) is 4.39 Å². The van der Waals surface area contributed by atoms with E-state index in [1.165, 1.54) is 23.3 Å². The van der Waals surface area contributed by atoms with Crippen molar-refractivity contribution in [2.45, 2.75) is 24.8 Å². The van der Waals surface area contributed by atoms with Gasteiger partial charge in [0.25, 0.3) is 0 Å². The van der Waals surface area contributed by atoms with Crippen LogP contribution in [-0.4, -0.2) is 6.54 Å². The summed E-state index contributed by atoms with van der Waals surface area (Å²) in [6.07, 6.45) is 3.04. The van der Waals surface area contributed by atoms with Gasteiger partial charge in [0.1, 0.15) is 5.82 Å². The average Bonchev–Trinajstić information content (AvgIpc) is 2.46.